The minimum absolute atomic E-state index is 0.126. The van der Waals surface area contributed by atoms with Gasteiger partial charge in [-0.15, -0.1) is 0 Å². The van der Waals surface area contributed by atoms with Gasteiger partial charge in [-0.1, -0.05) is 54.1 Å². The second kappa shape index (κ2) is 8.06. The van der Waals surface area contributed by atoms with E-state index in [0.717, 1.165) is 16.8 Å². The van der Waals surface area contributed by atoms with E-state index < -0.39 is 5.97 Å². The monoisotopic (exact) mass is 369 g/mol. The first-order valence-electron chi connectivity index (χ1n) is 8.36. The Labute approximate surface area is 156 Å². The first kappa shape index (κ1) is 18.0. The number of halogens is 1. The first-order valence-corrected chi connectivity index (χ1v) is 8.73. The predicted octanol–water partition coefficient (Wildman–Crippen LogP) is 2.69. The van der Waals surface area contributed by atoms with E-state index in [1.807, 2.05) is 48.5 Å². The highest BCUT2D eigenvalue weighted by molar-refractivity contribution is 6.30. The molecule has 0 radical (unpaired) electrons. The molecule has 5 nitrogen and oxygen atoms in total. The third-order valence-corrected chi connectivity index (χ3v) is 4.43. The summed E-state index contributed by atoms with van der Waals surface area (Å²) in [4.78, 5) is 23.2. The summed E-state index contributed by atoms with van der Waals surface area (Å²) in [7, 11) is 0. The summed E-state index contributed by atoms with van der Waals surface area (Å²) in [6, 6.07) is 16.7. The van der Waals surface area contributed by atoms with Gasteiger partial charge in [0, 0.05) is 17.4 Å². The normalized spacial score (nSPS) is 16.1. The van der Waals surface area contributed by atoms with Gasteiger partial charge in [-0.3, -0.25) is 10.2 Å². The molecule has 1 atom stereocenters. The molecule has 0 unspecified atom stereocenters. The fraction of sp³-hybridized carbons (Fsp3) is 0.200. The third kappa shape index (κ3) is 4.24. The van der Waals surface area contributed by atoms with E-state index in [4.69, 9.17) is 11.6 Å². The average molecular weight is 370 g/mol. The van der Waals surface area contributed by atoms with Gasteiger partial charge in [0.2, 0.25) is 5.91 Å². The minimum Gasteiger partial charge on any atom is -0.550 e. The SMILES string of the molecule is O=C([O-])CCCC(=O)N1NC(c2ccccc2)=C[C@@H]1c1ccc(Cl)cc1. The Bertz CT molecular complexity index is 819. The fourth-order valence-electron chi connectivity index (χ4n) is 2.87. The highest BCUT2D eigenvalue weighted by Crippen LogP contribution is 2.32. The van der Waals surface area contributed by atoms with Crippen LogP contribution in [0.5, 0.6) is 0 Å². The number of nitrogens with zero attached hydrogens (tertiary/aromatic N) is 1. The lowest BCUT2D eigenvalue weighted by Crippen LogP contribution is -2.39. The number of carboxylic acids is 1. The zero-order valence-electron chi connectivity index (χ0n) is 14.0. The van der Waals surface area contributed by atoms with Crippen molar-refractivity contribution in [2.24, 2.45) is 0 Å². The molecule has 134 valence electrons. The Hall–Kier alpha value is -2.79. The van der Waals surface area contributed by atoms with Crippen LogP contribution in [0.4, 0.5) is 0 Å². The lowest BCUT2D eigenvalue weighted by atomic mass is 10.0. The minimum atomic E-state index is -1.15. The summed E-state index contributed by atoms with van der Waals surface area (Å²) in [5, 5.41) is 12.7. The Balaban J connectivity index is 1.83. The lowest BCUT2D eigenvalue weighted by Gasteiger charge is -2.25. The van der Waals surface area contributed by atoms with Crippen LogP contribution < -0.4 is 10.5 Å². The number of amides is 1. The molecule has 0 aliphatic carbocycles. The highest BCUT2D eigenvalue weighted by atomic mass is 35.5. The molecule has 0 aromatic heterocycles. The van der Waals surface area contributed by atoms with Crippen molar-refractivity contribution in [3.63, 3.8) is 0 Å². The van der Waals surface area contributed by atoms with Gasteiger partial charge in [0.25, 0.3) is 0 Å². The molecule has 6 heteroatoms. The molecule has 1 aliphatic heterocycles. The van der Waals surface area contributed by atoms with Crippen LogP contribution in [0.25, 0.3) is 5.70 Å². The standard InChI is InChI=1S/C20H19ClN2O3/c21-16-11-9-15(10-12-16)18-13-17(14-5-2-1-3-6-14)22-23(18)19(24)7-4-8-20(25)26/h1-3,5-6,9-13,18,22H,4,7-8H2,(H,25,26)/p-1/t18-/m1/s1. The van der Waals surface area contributed by atoms with E-state index >= 15 is 0 Å². The molecule has 3 rings (SSSR count). The van der Waals surface area contributed by atoms with Gasteiger partial charge < -0.3 is 9.90 Å². The number of aliphatic carboxylic acids is 1. The Morgan fingerprint density at radius 3 is 2.38 bits per heavy atom. The lowest BCUT2D eigenvalue weighted by molar-refractivity contribution is -0.305. The van der Waals surface area contributed by atoms with Crippen LogP contribution in [0.15, 0.2) is 60.7 Å². The molecule has 2 aromatic rings. The third-order valence-electron chi connectivity index (χ3n) is 4.18. The molecule has 0 spiro atoms. The second-order valence-corrected chi connectivity index (χ2v) is 6.48. The van der Waals surface area contributed by atoms with Crippen LogP contribution in [0, 0.1) is 0 Å². The molecule has 0 saturated heterocycles. The van der Waals surface area contributed by atoms with Gasteiger partial charge in [-0.25, -0.2) is 5.01 Å². The van der Waals surface area contributed by atoms with Crippen molar-refractivity contribution in [3.05, 3.63) is 76.8 Å². The molecule has 0 saturated carbocycles. The smallest absolute Gasteiger partial charge is 0.241 e. The summed E-state index contributed by atoms with van der Waals surface area (Å²) in [5.74, 6) is -1.32. The molecular formula is C20H18ClN2O3-. The van der Waals surface area contributed by atoms with E-state index in [2.05, 4.69) is 5.43 Å². The molecule has 1 N–H and O–H groups in total. The zero-order chi connectivity index (χ0) is 18.5. The van der Waals surface area contributed by atoms with Crippen LogP contribution in [0.1, 0.15) is 36.4 Å². The first-order chi connectivity index (χ1) is 12.5. The summed E-state index contributed by atoms with van der Waals surface area (Å²) >= 11 is 5.97. The number of hydrazine groups is 1. The molecular weight excluding hydrogens is 352 g/mol. The summed E-state index contributed by atoms with van der Waals surface area (Å²) in [6.07, 6.45) is 2.22. The molecule has 1 heterocycles. The number of benzene rings is 2. The number of rotatable bonds is 6. The predicted molar refractivity (Wildman–Crippen MR) is 97.5 cm³/mol. The highest BCUT2D eigenvalue weighted by Gasteiger charge is 2.30. The van der Waals surface area contributed by atoms with Gasteiger partial charge in [0.15, 0.2) is 0 Å². The van der Waals surface area contributed by atoms with Gasteiger partial charge in [-0.2, -0.15) is 0 Å². The van der Waals surface area contributed by atoms with Crippen molar-refractivity contribution in [1.82, 2.24) is 10.4 Å². The summed E-state index contributed by atoms with van der Waals surface area (Å²) in [6.45, 7) is 0. The van der Waals surface area contributed by atoms with Crippen LogP contribution in [-0.4, -0.2) is 16.9 Å². The summed E-state index contributed by atoms with van der Waals surface area (Å²) < 4.78 is 0. The number of carbonyl (C=O) groups is 2. The molecule has 1 amide bonds. The van der Waals surface area contributed by atoms with E-state index in [0.29, 0.717) is 5.02 Å². The van der Waals surface area contributed by atoms with Crippen molar-refractivity contribution in [2.75, 3.05) is 0 Å². The quantitative estimate of drug-likeness (QED) is 0.849. The van der Waals surface area contributed by atoms with E-state index in [1.54, 1.807) is 17.1 Å². The van der Waals surface area contributed by atoms with Gasteiger partial charge in [0.1, 0.15) is 0 Å². The topological polar surface area (TPSA) is 72.5 Å². The number of hydrogen-bond donors (Lipinski definition) is 1. The van der Waals surface area contributed by atoms with Crippen LogP contribution in [0.2, 0.25) is 5.02 Å². The van der Waals surface area contributed by atoms with Crippen molar-refractivity contribution < 1.29 is 14.7 Å². The Morgan fingerprint density at radius 2 is 1.73 bits per heavy atom. The maximum absolute atomic E-state index is 12.6. The molecule has 0 bridgehead atoms. The van der Waals surface area contributed by atoms with Crippen molar-refractivity contribution in [1.29, 1.82) is 0 Å². The molecule has 26 heavy (non-hydrogen) atoms. The Kier molecular flexibility index (Phi) is 5.58. The van der Waals surface area contributed by atoms with Gasteiger partial charge >= 0.3 is 0 Å². The maximum atomic E-state index is 12.6. The van der Waals surface area contributed by atoms with Crippen molar-refractivity contribution >= 4 is 29.2 Å². The number of carboxylic acid groups (broad SMARTS) is 1. The molecule has 2 aromatic carbocycles. The van der Waals surface area contributed by atoms with Crippen LogP contribution >= 0.6 is 11.6 Å². The van der Waals surface area contributed by atoms with Crippen LogP contribution in [0.3, 0.4) is 0 Å². The maximum Gasteiger partial charge on any atom is 0.241 e. The van der Waals surface area contributed by atoms with Gasteiger partial charge in [-0.05, 0) is 42.2 Å². The number of carbonyl (C=O) groups excluding carboxylic acids is 2. The fourth-order valence-corrected chi connectivity index (χ4v) is 3.00. The zero-order valence-corrected chi connectivity index (χ0v) is 14.8. The molecule has 1 aliphatic rings. The second-order valence-electron chi connectivity index (χ2n) is 6.04. The number of hydrogen-bond acceptors (Lipinski definition) is 4. The number of nitrogens with one attached hydrogen (secondary N) is 1. The van der Waals surface area contributed by atoms with E-state index in [9.17, 15) is 14.7 Å². The van der Waals surface area contributed by atoms with Crippen molar-refractivity contribution in [3.8, 4) is 0 Å². The molecule has 0 fully saturated rings. The van der Waals surface area contributed by atoms with Crippen LogP contribution in [-0.2, 0) is 9.59 Å². The summed E-state index contributed by atoms with van der Waals surface area (Å²) in [5.41, 5.74) is 5.88. The van der Waals surface area contributed by atoms with Gasteiger partial charge in [0.05, 0.1) is 11.7 Å². The largest absolute Gasteiger partial charge is 0.550 e. The average Bonchev–Trinajstić information content (AvgIpc) is 3.08. The van der Waals surface area contributed by atoms with E-state index in [1.165, 1.54) is 0 Å². The Morgan fingerprint density at radius 1 is 1.04 bits per heavy atom. The van der Waals surface area contributed by atoms with Crippen molar-refractivity contribution in [2.45, 2.75) is 25.3 Å². The van der Waals surface area contributed by atoms with E-state index in [-0.39, 0.29) is 31.2 Å².